The molecule has 2 saturated heterocycles. The number of fused-ring (bicyclic) bond motifs is 2. The molecule has 2 aliphatic heterocycles. The van der Waals surface area contributed by atoms with Crippen LogP contribution in [0.3, 0.4) is 0 Å². The van der Waals surface area contributed by atoms with E-state index in [0.29, 0.717) is 0 Å². The SMILES string of the molecule is CN(C)C1C2CNCC1CN(C1CCCCCC1)C2. The van der Waals surface area contributed by atoms with Crippen molar-refractivity contribution in [3.63, 3.8) is 0 Å². The highest BCUT2D eigenvalue weighted by Gasteiger charge is 2.42. The van der Waals surface area contributed by atoms with Crippen molar-refractivity contribution < 1.29 is 0 Å². The van der Waals surface area contributed by atoms with Gasteiger partial charge in [0.1, 0.15) is 0 Å². The summed E-state index contributed by atoms with van der Waals surface area (Å²) in [4.78, 5) is 5.35. The summed E-state index contributed by atoms with van der Waals surface area (Å²) in [5.74, 6) is 1.68. The molecule has 3 aliphatic rings. The van der Waals surface area contributed by atoms with Crippen LogP contribution in [-0.2, 0) is 0 Å². The third kappa shape index (κ3) is 2.98. The fraction of sp³-hybridized carbons (Fsp3) is 1.00. The van der Waals surface area contributed by atoms with Gasteiger partial charge in [-0.1, -0.05) is 25.7 Å². The van der Waals surface area contributed by atoms with Crippen LogP contribution < -0.4 is 5.32 Å². The molecule has 0 aromatic heterocycles. The number of piperidine rings is 2. The van der Waals surface area contributed by atoms with Crippen LogP contribution in [0, 0.1) is 11.8 Å². The minimum absolute atomic E-state index is 0.809. The first kappa shape index (κ1) is 13.8. The Balaban J connectivity index is 1.66. The molecule has 0 amide bonds. The second-order valence-electron chi connectivity index (χ2n) is 7.23. The lowest BCUT2D eigenvalue weighted by atomic mass is 9.79. The smallest absolute Gasteiger partial charge is 0.0194 e. The summed E-state index contributed by atoms with van der Waals surface area (Å²) in [7, 11) is 4.55. The van der Waals surface area contributed by atoms with Crippen LogP contribution in [0.2, 0.25) is 0 Å². The zero-order valence-electron chi connectivity index (χ0n) is 12.8. The Hall–Kier alpha value is -0.120. The summed E-state index contributed by atoms with van der Waals surface area (Å²) in [6, 6.07) is 1.71. The Bertz CT molecular complexity index is 270. The summed E-state index contributed by atoms with van der Waals surface area (Å²) < 4.78 is 0. The molecule has 110 valence electrons. The topological polar surface area (TPSA) is 18.5 Å². The average Bonchev–Trinajstić information content (AvgIpc) is 2.65. The van der Waals surface area contributed by atoms with Crippen LogP contribution in [0.5, 0.6) is 0 Å². The van der Waals surface area contributed by atoms with E-state index in [1.807, 2.05) is 0 Å². The van der Waals surface area contributed by atoms with E-state index in [2.05, 4.69) is 29.2 Å². The average molecular weight is 265 g/mol. The molecule has 1 saturated carbocycles. The predicted octanol–water partition coefficient (Wildman–Crippen LogP) is 1.79. The third-order valence-electron chi connectivity index (χ3n) is 5.65. The predicted molar refractivity (Wildman–Crippen MR) is 80.4 cm³/mol. The molecule has 19 heavy (non-hydrogen) atoms. The summed E-state index contributed by atoms with van der Waals surface area (Å²) in [6.07, 6.45) is 8.79. The first-order chi connectivity index (χ1) is 9.25. The monoisotopic (exact) mass is 265 g/mol. The number of rotatable bonds is 2. The highest BCUT2D eigenvalue weighted by atomic mass is 15.2. The van der Waals surface area contributed by atoms with Crippen LogP contribution in [0.15, 0.2) is 0 Å². The summed E-state index contributed by atoms with van der Waals surface area (Å²) >= 11 is 0. The zero-order chi connectivity index (χ0) is 13.2. The Kier molecular flexibility index (Phi) is 4.45. The van der Waals surface area contributed by atoms with Crippen LogP contribution in [0.1, 0.15) is 38.5 Å². The Labute approximate surface area is 118 Å². The molecule has 1 aliphatic carbocycles. The largest absolute Gasteiger partial charge is 0.316 e. The van der Waals surface area contributed by atoms with Crippen LogP contribution in [0.4, 0.5) is 0 Å². The van der Waals surface area contributed by atoms with Gasteiger partial charge in [-0.15, -0.1) is 0 Å². The van der Waals surface area contributed by atoms with Gasteiger partial charge >= 0.3 is 0 Å². The molecule has 2 bridgehead atoms. The maximum atomic E-state index is 3.65. The van der Waals surface area contributed by atoms with Gasteiger partial charge in [-0.2, -0.15) is 0 Å². The fourth-order valence-corrected chi connectivity index (χ4v) is 4.87. The van der Waals surface area contributed by atoms with Crippen molar-refractivity contribution in [2.75, 3.05) is 40.3 Å². The number of hydrogen-bond donors (Lipinski definition) is 1. The van der Waals surface area contributed by atoms with Gasteiger partial charge in [0.05, 0.1) is 0 Å². The molecule has 0 spiro atoms. The number of likely N-dealkylation sites (tertiary alicyclic amines) is 1. The lowest BCUT2D eigenvalue weighted by molar-refractivity contribution is -0.0102. The van der Waals surface area contributed by atoms with Gasteiger partial charge in [-0.25, -0.2) is 0 Å². The molecule has 1 N–H and O–H groups in total. The van der Waals surface area contributed by atoms with Crippen molar-refractivity contribution in [3.8, 4) is 0 Å². The highest BCUT2D eigenvalue weighted by molar-refractivity contribution is 4.98. The van der Waals surface area contributed by atoms with Crippen molar-refractivity contribution in [2.45, 2.75) is 50.6 Å². The van der Waals surface area contributed by atoms with Crippen LogP contribution in [0.25, 0.3) is 0 Å². The first-order valence-corrected chi connectivity index (χ1v) is 8.37. The van der Waals surface area contributed by atoms with E-state index in [-0.39, 0.29) is 0 Å². The molecular formula is C16H31N3. The van der Waals surface area contributed by atoms with Gasteiger partial charge in [-0.3, -0.25) is 4.90 Å². The third-order valence-corrected chi connectivity index (χ3v) is 5.65. The van der Waals surface area contributed by atoms with E-state index >= 15 is 0 Å². The molecular weight excluding hydrogens is 234 g/mol. The van der Waals surface area contributed by atoms with Crippen molar-refractivity contribution in [1.82, 2.24) is 15.1 Å². The molecule has 3 fully saturated rings. The van der Waals surface area contributed by atoms with E-state index in [1.54, 1.807) is 0 Å². The van der Waals surface area contributed by atoms with E-state index in [1.165, 1.54) is 64.7 Å². The van der Waals surface area contributed by atoms with Crippen LogP contribution >= 0.6 is 0 Å². The van der Waals surface area contributed by atoms with Gasteiger partial charge in [0, 0.05) is 38.3 Å². The number of hydrogen-bond acceptors (Lipinski definition) is 3. The lowest BCUT2D eigenvalue weighted by Gasteiger charge is -2.52. The molecule has 3 heteroatoms. The van der Waals surface area contributed by atoms with E-state index < -0.39 is 0 Å². The van der Waals surface area contributed by atoms with E-state index in [9.17, 15) is 0 Å². The first-order valence-electron chi connectivity index (χ1n) is 8.37. The standard InChI is InChI=1S/C16H31N3/c1-18(2)16-13-9-17-10-14(16)12-19(11-13)15-7-5-3-4-6-8-15/h13-17H,3-12H2,1-2H3. The van der Waals surface area contributed by atoms with Gasteiger partial charge in [0.25, 0.3) is 0 Å². The number of nitrogens with one attached hydrogen (secondary N) is 1. The van der Waals surface area contributed by atoms with Crippen molar-refractivity contribution in [1.29, 1.82) is 0 Å². The fourth-order valence-electron chi connectivity index (χ4n) is 4.87. The maximum Gasteiger partial charge on any atom is 0.0194 e. The van der Waals surface area contributed by atoms with Crippen molar-refractivity contribution >= 4 is 0 Å². The van der Waals surface area contributed by atoms with Crippen molar-refractivity contribution in [2.24, 2.45) is 11.8 Å². The van der Waals surface area contributed by atoms with Gasteiger partial charge in [-0.05, 0) is 38.8 Å². The Morgan fingerprint density at radius 3 is 2.00 bits per heavy atom. The summed E-state index contributed by atoms with van der Waals surface area (Å²) in [6.45, 7) is 5.11. The molecule has 0 radical (unpaired) electrons. The number of nitrogens with zero attached hydrogens (tertiary/aromatic N) is 2. The second kappa shape index (κ2) is 6.11. The maximum absolute atomic E-state index is 3.65. The molecule has 0 aromatic rings. The second-order valence-corrected chi connectivity index (χ2v) is 7.23. The molecule has 3 nitrogen and oxygen atoms in total. The van der Waals surface area contributed by atoms with E-state index in [0.717, 1.165) is 23.9 Å². The Morgan fingerprint density at radius 1 is 0.895 bits per heavy atom. The van der Waals surface area contributed by atoms with Crippen LogP contribution in [-0.4, -0.2) is 62.2 Å². The van der Waals surface area contributed by atoms with Gasteiger partial charge in [0.15, 0.2) is 0 Å². The Morgan fingerprint density at radius 2 is 1.47 bits per heavy atom. The normalized spacial score (nSPS) is 38.4. The zero-order valence-corrected chi connectivity index (χ0v) is 12.8. The summed E-state index contributed by atoms with van der Waals surface area (Å²) in [5, 5.41) is 3.65. The lowest BCUT2D eigenvalue weighted by Crippen LogP contribution is -2.64. The summed E-state index contributed by atoms with van der Waals surface area (Å²) in [5.41, 5.74) is 0. The molecule has 2 heterocycles. The minimum Gasteiger partial charge on any atom is -0.316 e. The van der Waals surface area contributed by atoms with Crippen molar-refractivity contribution in [3.05, 3.63) is 0 Å². The van der Waals surface area contributed by atoms with Gasteiger partial charge < -0.3 is 10.2 Å². The highest BCUT2D eigenvalue weighted by Crippen LogP contribution is 2.32. The molecule has 2 unspecified atom stereocenters. The molecule has 2 atom stereocenters. The van der Waals surface area contributed by atoms with E-state index in [4.69, 9.17) is 0 Å². The quantitative estimate of drug-likeness (QED) is 0.768. The molecule has 3 rings (SSSR count). The minimum atomic E-state index is 0.809. The molecule has 0 aromatic carbocycles. The van der Waals surface area contributed by atoms with Gasteiger partial charge in [0.2, 0.25) is 0 Å².